The van der Waals surface area contributed by atoms with Crippen LogP contribution in [0.4, 0.5) is 0 Å². The van der Waals surface area contributed by atoms with Crippen LogP contribution in [-0.4, -0.2) is 85.0 Å². The second-order valence-corrected chi connectivity index (χ2v) is 4.61. The van der Waals surface area contributed by atoms with Gasteiger partial charge in [0.25, 0.3) is 0 Å². The molecule has 124 valence electrons. The van der Waals surface area contributed by atoms with E-state index in [2.05, 4.69) is 0 Å². The third-order valence-electron chi connectivity index (χ3n) is 2.24. The number of aliphatic hydroxyl groups excluding tert-OH is 3. The normalized spacial score (nSPS) is 12.8. The smallest absolute Gasteiger partial charge is 0.0846 e. The molecule has 0 saturated carbocycles. The highest BCUT2D eigenvalue weighted by atomic mass is 16.5. The molecule has 0 fully saturated rings. The number of ether oxygens (including phenoxy) is 3. The van der Waals surface area contributed by atoms with Gasteiger partial charge in [-0.05, 0) is 20.8 Å². The fourth-order valence-corrected chi connectivity index (χ4v) is 0.671. The molecule has 1 unspecified atom stereocenters. The average Bonchev–Trinajstić information content (AvgIpc) is 2.36. The molecule has 0 rings (SSSR count). The van der Waals surface area contributed by atoms with E-state index in [0.29, 0.717) is 39.6 Å². The quantitative estimate of drug-likeness (QED) is 0.368. The SMILES string of the molecule is CC(O)C(C)(C)O.OCCOCCOCCOCCO. The molecule has 0 aromatic carbocycles. The third-order valence-corrected chi connectivity index (χ3v) is 2.24. The molecule has 1 atom stereocenters. The number of aliphatic hydroxyl groups is 4. The lowest BCUT2D eigenvalue weighted by atomic mass is 10.0. The molecule has 0 aromatic rings. The van der Waals surface area contributed by atoms with Crippen molar-refractivity contribution in [1.29, 1.82) is 0 Å². The first-order chi connectivity index (χ1) is 9.36. The Morgan fingerprint density at radius 1 is 0.800 bits per heavy atom. The number of hydrogen-bond acceptors (Lipinski definition) is 7. The summed E-state index contributed by atoms with van der Waals surface area (Å²) < 4.78 is 15.0. The van der Waals surface area contributed by atoms with E-state index >= 15 is 0 Å². The van der Waals surface area contributed by atoms with Gasteiger partial charge < -0.3 is 34.6 Å². The van der Waals surface area contributed by atoms with Gasteiger partial charge >= 0.3 is 0 Å². The van der Waals surface area contributed by atoms with Crippen LogP contribution in [0.5, 0.6) is 0 Å². The van der Waals surface area contributed by atoms with Gasteiger partial charge in [-0.2, -0.15) is 0 Å². The van der Waals surface area contributed by atoms with Crippen molar-refractivity contribution in [1.82, 2.24) is 0 Å². The molecule has 0 heterocycles. The summed E-state index contributed by atoms with van der Waals surface area (Å²) in [6.45, 7) is 7.45. The van der Waals surface area contributed by atoms with Crippen molar-refractivity contribution in [3.63, 3.8) is 0 Å². The van der Waals surface area contributed by atoms with Crippen molar-refractivity contribution < 1.29 is 34.6 Å². The van der Waals surface area contributed by atoms with Crippen LogP contribution in [0.3, 0.4) is 0 Å². The van der Waals surface area contributed by atoms with E-state index in [1.807, 2.05) is 0 Å². The van der Waals surface area contributed by atoms with E-state index in [1.54, 1.807) is 20.8 Å². The van der Waals surface area contributed by atoms with E-state index in [0.717, 1.165) is 0 Å². The van der Waals surface area contributed by atoms with Crippen LogP contribution in [0.2, 0.25) is 0 Å². The summed E-state index contributed by atoms with van der Waals surface area (Å²) in [6.07, 6.45) is -0.646. The zero-order valence-electron chi connectivity index (χ0n) is 12.7. The molecule has 20 heavy (non-hydrogen) atoms. The van der Waals surface area contributed by atoms with Crippen molar-refractivity contribution in [3.8, 4) is 0 Å². The van der Waals surface area contributed by atoms with Crippen LogP contribution in [0.25, 0.3) is 0 Å². The predicted octanol–water partition coefficient (Wildman–Crippen LogP) is -0.841. The lowest BCUT2D eigenvalue weighted by Gasteiger charge is -2.19. The summed E-state index contributed by atoms with van der Waals surface area (Å²) in [5.41, 5.74) is -0.944. The largest absolute Gasteiger partial charge is 0.394 e. The van der Waals surface area contributed by atoms with Crippen LogP contribution >= 0.6 is 0 Å². The molecule has 4 N–H and O–H groups in total. The Balaban J connectivity index is 0. The number of rotatable bonds is 11. The zero-order valence-corrected chi connectivity index (χ0v) is 12.7. The van der Waals surface area contributed by atoms with Gasteiger partial charge in [-0.15, -0.1) is 0 Å². The fraction of sp³-hybridized carbons (Fsp3) is 1.00. The second kappa shape index (κ2) is 15.1. The Bertz CT molecular complexity index is 170. The minimum absolute atomic E-state index is 0.0413. The molecule has 0 aliphatic heterocycles. The Hall–Kier alpha value is -0.280. The Kier molecular flexibility index (Phi) is 16.6. The van der Waals surface area contributed by atoms with Crippen molar-refractivity contribution >= 4 is 0 Å². The van der Waals surface area contributed by atoms with E-state index < -0.39 is 11.7 Å². The zero-order chi connectivity index (χ0) is 15.9. The third kappa shape index (κ3) is 20.0. The predicted molar refractivity (Wildman–Crippen MR) is 74.6 cm³/mol. The van der Waals surface area contributed by atoms with Crippen molar-refractivity contribution in [2.75, 3.05) is 52.9 Å². The van der Waals surface area contributed by atoms with E-state index in [9.17, 15) is 0 Å². The number of hydrogen-bond donors (Lipinski definition) is 4. The first-order valence-electron chi connectivity index (χ1n) is 6.71. The lowest BCUT2D eigenvalue weighted by molar-refractivity contribution is -0.0375. The monoisotopic (exact) mass is 298 g/mol. The molecule has 0 aliphatic rings. The first-order valence-corrected chi connectivity index (χ1v) is 6.71. The second-order valence-electron chi connectivity index (χ2n) is 4.61. The molecule has 7 heteroatoms. The van der Waals surface area contributed by atoms with Crippen LogP contribution in [0.1, 0.15) is 20.8 Å². The van der Waals surface area contributed by atoms with Crippen LogP contribution < -0.4 is 0 Å². The standard InChI is InChI=1S/C8H18O5.C5H12O2/c9-1-3-11-5-7-13-8-6-12-4-2-10;1-4(6)5(2,3)7/h9-10H,1-8H2;4,6-7H,1-3H3. The lowest BCUT2D eigenvalue weighted by Crippen LogP contribution is -2.32. The van der Waals surface area contributed by atoms with Gasteiger partial charge in [0.1, 0.15) is 0 Å². The highest BCUT2D eigenvalue weighted by molar-refractivity contribution is 4.70. The maximum absolute atomic E-state index is 8.84. The minimum Gasteiger partial charge on any atom is -0.394 e. The van der Waals surface area contributed by atoms with Gasteiger partial charge in [0, 0.05) is 0 Å². The van der Waals surface area contributed by atoms with Gasteiger partial charge in [0.15, 0.2) is 0 Å². The highest BCUT2D eigenvalue weighted by Crippen LogP contribution is 2.05. The molecule has 0 radical (unpaired) electrons. The molecular weight excluding hydrogens is 268 g/mol. The molecule has 0 spiro atoms. The minimum atomic E-state index is -0.944. The Morgan fingerprint density at radius 3 is 1.25 bits per heavy atom. The molecule has 0 saturated heterocycles. The summed E-state index contributed by atoms with van der Waals surface area (Å²) in [4.78, 5) is 0. The molecule has 7 nitrogen and oxygen atoms in total. The summed E-state index contributed by atoms with van der Waals surface area (Å²) in [7, 11) is 0. The van der Waals surface area contributed by atoms with Crippen molar-refractivity contribution in [2.45, 2.75) is 32.5 Å². The topological polar surface area (TPSA) is 109 Å². The van der Waals surface area contributed by atoms with Gasteiger partial charge in [0.2, 0.25) is 0 Å². The molecule has 0 bridgehead atoms. The maximum atomic E-state index is 8.84. The van der Waals surface area contributed by atoms with E-state index in [1.165, 1.54) is 0 Å². The summed E-state index contributed by atoms with van der Waals surface area (Å²) in [6, 6.07) is 0. The van der Waals surface area contributed by atoms with Gasteiger partial charge in [0.05, 0.1) is 64.6 Å². The first kappa shape index (κ1) is 22.0. The van der Waals surface area contributed by atoms with Gasteiger partial charge in [-0.1, -0.05) is 0 Å². The highest BCUT2D eigenvalue weighted by Gasteiger charge is 2.18. The van der Waals surface area contributed by atoms with Crippen molar-refractivity contribution in [2.24, 2.45) is 0 Å². The maximum Gasteiger partial charge on any atom is 0.0846 e. The summed E-state index contributed by atoms with van der Waals surface area (Å²) in [5.74, 6) is 0. The van der Waals surface area contributed by atoms with Crippen LogP contribution in [-0.2, 0) is 14.2 Å². The Labute approximate surface area is 121 Å². The molecule has 0 aliphatic carbocycles. The molecule has 0 aromatic heterocycles. The Morgan fingerprint density at radius 2 is 1.05 bits per heavy atom. The fourth-order valence-electron chi connectivity index (χ4n) is 0.671. The van der Waals surface area contributed by atoms with Crippen molar-refractivity contribution in [3.05, 3.63) is 0 Å². The summed E-state index contributed by atoms with van der Waals surface area (Å²) in [5, 5.41) is 34.2. The van der Waals surface area contributed by atoms with Gasteiger partial charge in [-0.3, -0.25) is 0 Å². The molecule has 0 amide bonds. The van der Waals surface area contributed by atoms with E-state index in [4.69, 9.17) is 34.6 Å². The van der Waals surface area contributed by atoms with Crippen LogP contribution in [0, 0.1) is 0 Å². The average molecular weight is 298 g/mol. The van der Waals surface area contributed by atoms with Crippen LogP contribution in [0.15, 0.2) is 0 Å². The van der Waals surface area contributed by atoms with E-state index in [-0.39, 0.29) is 13.2 Å². The molecular formula is C13H30O7. The van der Waals surface area contributed by atoms with Gasteiger partial charge in [-0.25, -0.2) is 0 Å². The summed E-state index contributed by atoms with van der Waals surface area (Å²) >= 11 is 0.